The van der Waals surface area contributed by atoms with E-state index in [0.717, 1.165) is 16.5 Å². The molecule has 0 unspecified atom stereocenters. The van der Waals surface area contributed by atoms with Gasteiger partial charge in [0.1, 0.15) is 5.82 Å². The minimum atomic E-state index is -0.905. The van der Waals surface area contributed by atoms with Gasteiger partial charge in [-0.15, -0.1) is 0 Å². The Kier molecular flexibility index (Phi) is 2.08. The van der Waals surface area contributed by atoms with Crippen molar-refractivity contribution in [1.82, 2.24) is 4.57 Å². The fraction of sp³-hybridized carbons (Fsp3) is 0.333. The number of rotatable bonds is 1. The van der Waals surface area contributed by atoms with Crippen molar-refractivity contribution in [3.63, 3.8) is 0 Å². The molecule has 0 fully saturated rings. The molecular weight excluding hydrogens is 193 g/mol. The van der Waals surface area contributed by atoms with E-state index in [1.54, 1.807) is 19.9 Å². The molecule has 1 heterocycles. The summed E-state index contributed by atoms with van der Waals surface area (Å²) in [7, 11) is 1.84. The molecule has 0 saturated heterocycles. The predicted molar refractivity (Wildman–Crippen MR) is 58.1 cm³/mol. The Bertz CT molecular complexity index is 508. The molecule has 2 aromatic rings. The van der Waals surface area contributed by atoms with Gasteiger partial charge in [0.25, 0.3) is 0 Å². The summed E-state index contributed by atoms with van der Waals surface area (Å²) >= 11 is 0. The molecule has 0 saturated carbocycles. The van der Waals surface area contributed by atoms with E-state index in [1.807, 2.05) is 17.8 Å². The molecule has 0 aliphatic carbocycles. The second kappa shape index (κ2) is 3.07. The number of halogens is 1. The first-order valence-electron chi connectivity index (χ1n) is 4.87. The Morgan fingerprint density at radius 2 is 2.00 bits per heavy atom. The molecule has 2 nitrogen and oxygen atoms in total. The number of hydrogen-bond acceptors (Lipinski definition) is 1. The largest absolute Gasteiger partial charge is 0.386 e. The highest BCUT2D eigenvalue weighted by Crippen LogP contribution is 2.29. The van der Waals surface area contributed by atoms with E-state index in [2.05, 4.69) is 0 Å². The summed E-state index contributed by atoms with van der Waals surface area (Å²) in [5.41, 5.74) is 0.712. The highest BCUT2D eigenvalue weighted by molar-refractivity contribution is 5.84. The van der Waals surface area contributed by atoms with E-state index in [9.17, 15) is 9.50 Å². The van der Waals surface area contributed by atoms with Crippen LogP contribution in [-0.2, 0) is 12.6 Å². The van der Waals surface area contributed by atoms with Crippen molar-refractivity contribution in [3.8, 4) is 0 Å². The van der Waals surface area contributed by atoms with Crippen molar-refractivity contribution in [1.29, 1.82) is 0 Å². The summed E-state index contributed by atoms with van der Waals surface area (Å²) in [5, 5.41) is 10.9. The number of aliphatic hydroxyl groups is 1. The van der Waals surface area contributed by atoms with Crippen LogP contribution in [0.25, 0.3) is 10.9 Å². The Hall–Kier alpha value is -1.35. The standard InChI is InChI=1S/C12H14FNO/c1-12(2,15)10-7-14(3)11-6-8(13)4-5-9(10)11/h4-7,15H,1-3H3. The molecule has 1 N–H and O–H groups in total. The zero-order chi connectivity index (χ0) is 11.2. The maximum absolute atomic E-state index is 13.0. The van der Waals surface area contributed by atoms with Crippen molar-refractivity contribution in [2.24, 2.45) is 7.05 Å². The second-order valence-electron chi connectivity index (χ2n) is 4.37. The fourth-order valence-electron chi connectivity index (χ4n) is 1.84. The first-order valence-corrected chi connectivity index (χ1v) is 4.87. The molecule has 15 heavy (non-hydrogen) atoms. The predicted octanol–water partition coefficient (Wildman–Crippen LogP) is 2.54. The van der Waals surface area contributed by atoms with Crippen LogP contribution >= 0.6 is 0 Å². The maximum Gasteiger partial charge on any atom is 0.125 e. The molecule has 0 atom stereocenters. The summed E-state index contributed by atoms with van der Waals surface area (Å²) in [4.78, 5) is 0. The van der Waals surface area contributed by atoms with Crippen LogP contribution in [0, 0.1) is 5.82 Å². The van der Waals surface area contributed by atoms with Crippen molar-refractivity contribution in [3.05, 3.63) is 35.8 Å². The van der Waals surface area contributed by atoms with E-state index in [-0.39, 0.29) is 5.82 Å². The van der Waals surface area contributed by atoms with Crippen molar-refractivity contribution in [2.75, 3.05) is 0 Å². The van der Waals surface area contributed by atoms with Crippen molar-refractivity contribution < 1.29 is 9.50 Å². The average Bonchev–Trinajstić information content (AvgIpc) is 2.43. The number of benzene rings is 1. The lowest BCUT2D eigenvalue weighted by molar-refractivity contribution is 0.0800. The summed E-state index contributed by atoms with van der Waals surface area (Å²) in [5.74, 6) is -0.258. The fourth-order valence-corrected chi connectivity index (χ4v) is 1.84. The number of aryl methyl sites for hydroxylation is 1. The summed E-state index contributed by atoms with van der Waals surface area (Å²) < 4.78 is 14.9. The molecule has 0 aliphatic rings. The van der Waals surface area contributed by atoms with E-state index in [4.69, 9.17) is 0 Å². The molecule has 80 valence electrons. The quantitative estimate of drug-likeness (QED) is 0.763. The smallest absolute Gasteiger partial charge is 0.125 e. The number of fused-ring (bicyclic) bond motifs is 1. The molecule has 0 aliphatic heterocycles. The van der Waals surface area contributed by atoms with Gasteiger partial charge in [-0.25, -0.2) is 4.39 Å². The van der Waals surface area contributed by atoms with Crippen LogP contribution in [0.15, 0.2) is 24.4 Å². The van der Waals surface area contributed by atoms with E-state index >= 15 is 0 Å². The van der Waals surface area contributed by atoms with Gasteiger partial charge in [-0.05, 0) is 32.0 Å². The zero-order valence-corrected chi connectivity index (χ0v) is 9.08. The van der Waals surface area contributed by atoms with Crippen LogP contribution in [-0.4, -0.2) is 9.67 Å². The van der Waals surface area contributed by atoms with E-state index in [1.165, 1.54) is 12.1 Å². The summed E-state index contributed by atoms with van der Waals surface area (Å²) in [6, 6.07) is 4.60. The lowest BCUT2D eigenvalue weighted by Crippen LogP contribution is -2.14. The normalized spacial score (nSPS) is 12.3. The second-order valence-corrected chi connectivity index (χ2v) is 4.37. The average molecular weight is 207 g/mol. The van der Waals surface area contributed by atoms with Gasteiger partial charge in [0.2, 0.25) is 0 Å². The topological polar surface area (TPSA) is 25.2 Å². The minimum Gasteiger partial charge on any atom is -0.386 e. The number of hydrogen-bond donors (Lipinski definition) is 1. The molecule has 3 heteroatoms. The summed E-state index contributed by atoms with van der Waals surface area (Å²) in [6.45, 7) is 3.45. The Morgan fingerprint density at radius 3 is 2.60 bits per heavy atom. The van der Waals surface area contributed by atoms with Gasteiger partial charge in [0, 0.05) is 24.2 Å². The third-order valence-corrected chi connectivity index (χ3v) is 2.61. The molecule has 0 amide bonds. The lowest BCUT2D eigenvalue weighted by Gasteiger charge is -2.15. The Balaban J connectivity index is 2.79. The van der Waals surface area contributed by atoms with Gasteiger partial charge >= 0.3 is 0 Å². The van der Waals surface area contributed by atoms with Gasteiger partial charge < -0.3 is 9.67 Å². The molecular formula is C12H14FNO. The van der Waals surface area contributed by atoms with Gasteiger partial charge in [0.15, 0.2) is 0 Å². The first kappa shape index (κ1) is 10.2. The third-order valence-electron chi connectivity index (χ3n) is 2.61. The van der Waals surface area contributed by atoms with Crippen LogP contribution in [0.5, 0.6) is 0 Å². The number of aromatic nitrogens is 1. The molecule has 2 rings (SSSR count). The van der Waals surface area contributed by atoms with Crippen LogP contribution < -0.4 is 0 Å². The van der Waals surface area contributed by atoms with Crippen LogP contribution in [0.2, 0.25) is 0 Å². The number of nitrogens with zero attached hydrogens (tertiary/aromatic N) is 1. The summed E-state index contributed by atoms with van der Waals surface area (Å²) in [6.07, 6.45) is 1.84. The third kappa shape index (κ3) is 1.63. The SMILES string of the molecule is Cn1cc(C(C)(C)O)c2ccc(F)cc21. The molecule has 1 aromatic heterocycles. The maximum atomic E-state index is 13.0. The van der Waals surface area contributed by atoms with Gasteiger partial charge in [0.05, 0.1) is 11.1 Å². The van der Waals surface area contributed by atoms with Crippen LogP contribution in [0.3, 0.4) is 0 Å². The van der Waals surface area contributed by atoms with E-state index < -0.39 is 5.60 Å². The van der Waals surface area contributed by atoms with Crippen molar-refractivity contribution in [2.45, 2.75) is 19.4 Å². The van der Waals surface area contributed by atoms with E-state index in [0.29, 0.717) is 0 Å². The highest BCUT2D eigenvalue weighted by Gasteiger charge is 2.21. The first-order chi connectivity index (χ1) is 6.89. The lowest BCUT2D eigenvalue weighted by atomic mass is 9.98. The highest BCUT2D eigenvalue weighted by atomic mass is 19.1. The minimum absolute atomic E-state index is 0.258. The monoisotopic (exact) mass is 207 g/mol. The molecule has 0 spiro atoms. The molecule has 0 radical (unpaired) electrons. The van der Waals surface area contributed by atoms with Crippen LogP contribution in [0.1, 0.15) is 19.4 Å². The van der Waals surface area contributed by atoms with Gasteiger partial charge in [-0.1, -0.05) is 0 Å². The van der Waals surface area contributed by atoms with Gasteiger partial charge in [-0.2, -0.15) is 0 Å². The Labute approximate surface area is 88.0 Å². The van der Waals surface area contributed by atoms with Crippen molar-refractivity contribution >= 4 is 10.9 Å². The molecule has 0 bridgehead atoms. The molecule has 1 aromatic carbocycles. The zero-order valence-electron chi connectivity index (χ0n) is 9.08. The van der Waals surface area contributed by atoms with Gasteiger partial charge in [-0.3, -0.25) is 0 Å². The van der Waals surface area contributed by atoms with Crippen LogP contribution in [0.4, 0.5) is 4.39 Å². The Morgan fingerprint density at radius 1 is 1.33 bits per heavy atom.